The monoisotopic (exact) mass is 325 g/mol. The number of nitro groups is 2. The molecular weight excluding hydrogens is 314 g/mol. The zero-order valence-corrected chi connectivity index (χ0v) is 12.0. The van der Waals surface area contributed by atoms with Crippen LogP contribution < -0.4 is 5.32 Å². The van der Waals surface area contributed by atoms with Gasteiger partial charge in [-0.15, -0.1) is 0 Å². The smallest absolute Gasteiger partial charge is 0.354 e. The lowest BCUT2D eigenvalue weighted by molar-refractivity contribution is -0.422. The molecule has 122 valence electrons. The van der Waals surface area contributed by atoms with Gasteiger partial charge < -0.3 is 14.8 Å². The van der Waals surface area contributed by atoms with Crippen LogP contribution in [-0.2, 0) is 19.1 Å². The van der Waals surface area contributed by atoms with Crippen LogP contribution in [0.2, 0.25) is 0 Å². The maximum atomic E-state index is 11.6. The van der Waals surface area contributed by atoms with E-state index in [0.717, 1.165) is 38.5 Å². The fourth-order valence-electron chi connectivity index (χ4n) is 1.49. The number of anilines is 1. The molecule has 11 nitrogen and oxygen atoms in total. The topological polar surface area (TPSA) is 151 Å². The molecule has 0 spiro atoms. The molecule has 0 radical (unpaired) electrons. The fourth-order valence-corrected chi connectivity index (χ4v) is 1.49. The highest BCUT2D eigenvalue weighted by Gasteiger charge is 2.25. The second-order valence-corrected chi connectivity index (χ2v) is 3.92. The fraction of sp³-hybridized carbons (Fsp3) is 0.167. The lowest BCUT2D eigenvalue weighted by Gasteiger charge is -2.08. The number of ether oxygens (including phenoxy) is 2. The summed E-state index contributed by atoms with van der Waals surface area (Å²) >= 11 is 0. The van der Waals surface area contributed by atoms with E-state index in [0.29, 0.717) is 0 Å². The first kappa shape index (κ1) is 17.6. The number of methoxy groups -OCH3 is 2. The van der Waals surface area contributed by atoms with Gasteiger partial charge >= 0.3 is 23.3 Å². The molecule has 0 fully saturated rings. The molecule has 0 atom stereocenters. The minimum atomic E-state index is -0.939. The van der Waals surface area contributed by atoms with E-state index in [-0.39, 0.29) is 11.4 Å². The summed E-state index contributed by atoms with van der Waals surface area (Å²) in [5, 5.41) is 24.0. The second kappa shape index (κ2) is 7.49. The van der Waals surface area contributed by atoms with Crippen LogP contribution in [0.25, 0.3) is 0 Å². The molecule has 1 rings (SSSR count). The van der Waals surface area contributed by atoms with Crippen molar-refractivity contribution in [2.45, 2.75) is 0 Å². The predicted molar refractivity (Wildman–Crippen MR) is 75.5 cm³/mol. The number of nitro benzene ring substituents is 2. The van der Waals surface area contributed by atoms with Gasteiger partial charge in [0.2, 0.25) is 0 Å². The normalized spacial score (nSPS) is 10.6. The van der Waals surface area contributed by atoms with Crippen molar-refractivity contribution in [3.05, 3.63) is 50.2 Å². The molecule has 0 heterocycles. The highest BCUT2D eigenvalue weighted by molar-refractivity contribution is 5.98. The Kier molecular flexibility index (Phi) is 5.72. The first-order valence-corrected chi connectivity index (χ1v) is 5.88. The van der Waals surface area contributed by atoms with Crippen LogP contribution in [0.5, 0.6) is 0 Å². The highest BCUT2D eigenvalue weighted by atomic mass is 16.6. The third kappa shape index (κ3) is 4.49. The van der Waals surface area contributed by atoms with Gasteiger partial charge in [-0.25, -0.2) is 9.59 Å². The Balaban J connectivity index is 3.24. The molecule has 1 aromatic carbocycles. The van der Waals surface area contributed by atoms with E-state index < -0.39 is 33.2 Å². The Morgan fingerprint density at radius 3 is 2.17 bits per heavy atom. The molecule has 0 bridgehead atoms. The van der Waals surface area contributed by atoms with Crippen molar-refractivity contribution in [3.63, 3.8) is 0 Å². The maximum Gasteiger partial charge on any atom is 0.354 e. The SMILES string of the molecule is COC(=O)/C=C(/Nc1ccc([N+](=O)[O-])c([N+](=O)[O-])c1)C(=O)OC. The number of esters is 2. The van der Waals surface area contributed by atoms with Crippen molar-refractivity contribution in [3.8, 4) is 0 Å². The van der Waals surface area contributed by atoms with Crippen molar-refractivity contribution in [1.82, 2.24) is 0 Å². The summed E-state index contributed by atoms with van der Waals surface area (Å²) in [4.78, 5) is 42.5. The van der Waals surface area contributed by atoms with E-state index in [1.807, 2.05) is 0 Å². The number of nitrogens with one attached hydrogen (secondary N) is 1. The average Bonchev–Trinajstić information content (AvgIpc) is 2.52. The first-order valence-electron chi connectivity index (χ1n) is 5.88. The average molecular weight is 325 g/mol. The number of hydrogen-bond donors (Lipinski definition) is 1. The molecule has 1 aromatic rings. The van der Waals surface area contributed by atoms with Gasteiger partial charge in [-0.1, -0.05) is 0 Å². The Morgan fingerprint density at radius 2 is 1.70 bits per heavy atom. The summed E-state index contributed by atoms with van der Waals surface area (Å²) in [6.45, 7) is 0. The highest BCUT2D eigenvalue weighted by Crippen LogP contribution is 2.30. The van der Waals surface area contributed by atoms with E-state index in [9.17, 15) is 29.8 Å². The Bertz CT molecular complexity index is 698. The minimum absolute atomic E-state index is 0.0251. The van der Waals surface area contributed by atoms with Crippen LogP contribution in [0.3, 0.4) is 0 Å². The largest absolute Gasteiger partial charge is 0.466 e. The van der Waals surface area contributed by atoms with Crippen LogP contribution in [0, 0.1) is 20.2 Å². The summed E-state index contributed by atoms with van der Waals surface area (Å²) in [5.74, 6) is -1.80. The molecule has 0 aliphatic carbocycles. The van der Waals surface area contributed by atoms with Gasteiger partial charge in [0.1, 0.15) is 5.70 Å². The van der Waals surface area contributed by atoms with Crippen LogP contribution in [0.1, 0.15) is 0 Å². The number of carbonyl (C=O) groups excluding carboxylic acids is 2. The molecule has 0 aromatic heterocycles. The summed E-state index contributed by atoms with van der Waals surface area (Å²) < 4.78 is 8.81. The standard InChI is InChI=1S/C12H11N3O8/c1-22-11(16)6-8(12(17)23-2)13-7-3-4-9(14(18)19)10(5-7)15(20)21/h3-6,13H,1-2H3/b8-6+. The Morgan fingerprint density at radius 1 is 1.09 bits per heavy atom. The van der Waals surface area contributed by atoms with Crippen molar-refractivity contribution < 1.29 is 28.9 Å². The van der Waals surface area contributed by atoms with Gasteiger partial charge in [0.05, 0.1) is 30.1 Å². The van der Waals surface area contributed by atoms with Crippen LogP contribution in [0.15, 0.2) is 30.0 Å². The third-order valence-corrected chi connectivity index (χ3v) is 2.52. The van der Waals surface area contributed by atoms with Crippen LogP contribution >= 0.6 is 0 Å². The van der Waals surface area contributed by atoms with E-state index in [1.54, 1.807) is 0 Å². The molecule has 0 saturated heterocycles. The molecule has 0 unspecified atom stereocenters. The molecule has 0 saturated carbocycles. The maximum absolute atomic E-state index is 11.6. The molecule has 11 heteroatoms. The van der Waals surface area contributed by atoms with E-state index >= 15 is 0 Å². The molecule has 0 aliphatic rings. The van der Waals surface area contributed by atoms with Gasteiger partial charge in [0.25, 0.3) is 0 Å². The number of carbonyl (C=O) groups is 2. The third-order valence-electron chi connectivity index (χ3n) is 2.52. The lowest BCUT2D eigenvalue weighted by atomic mass is 10.2. The van der Waals surface area contributed by atoms with Crippen LogP contribution in [0.4, 0.5) is 17.1 Å². The Labute approximate surface area is 128 Å². The van der Waals surface area contributed by atoms with Crippen LogP contribution in [-0.4, -0.2) is 36.0 Å². The second-order valence-electron chi connectivity index (χ2n) is 3.92. The predicted octanol–water partition coefficient (Wildman–Crippen LogP) is 1.14. The Hall–Kier alpha value is -3.50. The minimum Gasteiger partial charge on any atom is -0.466 e. The lowest BCUT2D eigenvalue weighted by Crippen LogP contribution is -2.15. The first-order chi connectivity index (χ1) is 10.8. The quantitative estimate of drug-likeness (QED) is 0.351. The zero-order chi connectivity index (χ0) is 17.6. The number of nitrogens with zero attached hydrogens (tertiary/aromatic N) is 2. The van der Waals surface area contributed by atoms with E-state index in [1.165, 1.54) is 0 Å². The summed E-state index contributed by atoms with van der Waals surface area (Å²) in [6, 6.07) is 2.89. The molecule has 1 N–H and O–H groups in total. The molecular formula is C12H11N3O8. The number of hydrogen-bond acceptors (Lipinski definition) is 9. The van der Waals surface area contributed by atoms with Crippen molar-refractivity contribution >= 4 is 29.0 Å². The summed E-state index contributed by atoms with van der Waals surface area (Å²) in [7, 11) is 2.15. The number of benzene rings is 1. The zero-order valence-electron chi connectivity index (χ0n) is 12.0. The van der Waals surface area contributed by atoms with E-state index in [2.05, 4.69) is 14.8 Å². The number of rotatable bonds is 6. The van der Waals surface area contributed by atoms with Gasteiger partial charge in [-0.2, -0.15) is 0 Å². The van der Waals surface area contributed by atoms with Gasteiger partial charge in [-0.3, -0.25) is 20.2 Å². The van der Waals surface area contributed by atoms with Gasteiger partial charge in [0, 0.05) is 17.8 Å². The molecule has 0 amide bonds. The van der Waals surface area contributed by atoms with Crippen molar-refractivity contribution in [2.75, 3.05) is 19.5 Å². The van der Waals surface area contributed by atoms with Gasteiger partial charge in [-0.05, 0) is 6.07 Å². The van der Waals surface area contributed by atoms with Gasteiger partial charge in [0.15, 0.2) is 0 Å². The summed E-state index contributed by atoms with van der Waals surface area (Å²) in [5.41, 5.74) is -1.87. The van der Waals surface area contributed by atoms with Crippen molar-refractivity contribution in [1.29, 1.82) is 0 Å². The van der Waals surface area contributed by atoms with Crippen molar-refractivity contribution in [2.24, 2.45) is 0 Å². The molecule has 0 aliphatic heterocycles. The summed E-state index contributed by atoms with van der Waals surface area (Å²) in [6.07, 6.45) is 0.777. The molecule has 23 heavy (non-hydrogen) atoms. The van der Waals surface area contributed by atoms with E-state index in [4.69, 9.17) is 0 Å².